The Morgan fingerprint density at radius 2 is 2.00 bits per heavy atom. The normalized spacial score (nSPS) is 11.3. The molecule has 0 saturated carbocycles. The summed E-state index contributed by atoms with van der Waals surface area (Å²) in [6, 6.07) is 7.42. The van der Waals surface area contributed by atoms with Crippen LogP contribution in [0, 0.1) is 0 Å². The highest BCUT2D eigenvalue weighted by Crippen LogP contribution is 2.21. The molecule has 0 bridgehead atoms. The van der Waals surface area contributed by atoms with Gasteiger partial charge in [-0.1, -0.05) is 32.6 Å². The SMILES string of the molecule is C=CC(=O)OCCNC(=O)Oc1ccc(C(C)CC)cc1. The van der Waals surface area contributed by atoms with Gasteiger partial charge in [0.05, 0.1) is 6.54 Å². The van der Waals surface area contributed by atoms with E-state index in [1.807, 2.05) is 12.1 Å². The number of ether oxygens (including phenoxy) is 2. The molecule has 1 aromatic carbocycles. The monoisotopic (exact) mass is 291 g/mol. The summed E-state index contributed by atoms with van der Waals surface area (Å²) in [7, 11) is 0. The van der Waals surface area contributed by atoms with Crippen LogP contribution in [-0.2, 0) is 9.53 Å². The van der Waals surface area contributed by atoms with Crippen LogP contribution in [0.15, 0.2) is 36.9 Å². The van der Waals surface area contributed by atoms with Crippen LogP contribution in [0.4, 0.5) is 4.79 Å². The molecule has 0 heterocycles. The topological polar surface area (TPSA) is 64.6 Å². The molecule has 0 spiro atoms. The van der Waals surface area contributed by atoms with Gasteiger partial charge in [-0.25, -0.2) is 9.59 Å². The molecule has 1 N–H and O–H groups in total. The van der Waals surface area contributed by atoms with Crippen molar-refractivity contribution in [2.24, 2.45) is 0 Å². The van der Waals surface area contributed by atoms with Crippen molar-refractivity contribution in [1.29, 1.82) is 0 Å². The number of esters is 1. The van der Waals surface area contributed by atoms with Crippen LogP contribution in [0.5, 0.6) is 5.75 Å². The molecular weight excluding hydrogens is 270 g/mol. The van der Waals surface area contributed by atoms with Gasteiger partial charge in [0, 0.05) is 6.08 Å². The minimum atomic E-state index is -0.582. The molecular formula is C16H21NO4. The molecule has 1 rings (SSSR count). The fourth-order valence-corrected chi connectivity index (χ4v) is 1.61. The average molecular weight is 291 g/mol. The van der Waals surface area contributed by atoms with Crippen LogP contribution < -0.4 is 10.1 Å². The zero-order valence-corrected chi connectivity index (χ0v) is 12.4. The van der Waals surface area contributed by atoms with E-state index >= 15 is 0 Å². The Bertz CT molecular complexity index is 482. The molecule has 0 fully saturated rings. The number of benzene rings is 1. The van der Waals surface area contributed by atoms with Crippen molar-refractivity contribution < 1.29 is 19.1 Å². The predicted octanol–water partition coefficient (Wildman–Crippen LogP) is 3.02. The van der Waals surface area contributed by atoms with E-state index in [0.717, 1.165) is 12.5 Å². The summed E-state index contributed by atoms with van der Waals surface area (Å²) in [5.74, 6) is 0.431. The van der Waals surface area contributed by atoms with Crippen LogP contribution >= 0.6 is 0 Å². The van der Waals surface area contributed by atoms with Gasteiger partial charge in [0.1, 0.15) is 12.4 Å². The van der Waals surface area contributed by atoms with Gasteiger partial charge in [-0.05, 0) is 30.0 Å². The molecule has 5 heteroatoms. The lowest BCUT2D eigenvalue weighted by Gasteiger charge is -2.10. The summed E-state index contributed by atoms with van der Waals surface area (Å²) in [6.07, 6.45) is 1.54. The largest absolute Gasteiger partial charge is 0.461 e. The van der Waals surface area contributed by atoms with Crippen LogP contribution in [0.25, 0.3) is 0 Å². The second-order valence-electron chi connectivity index (χ2n) is 4.57. The predicted molar refractivity (Wildman–Crippen MR) is 80.3 cm³/mol. The first-order valence-corrected chi connectivity index (χ1v) is 6.91. The molecule has 1 unspecified atom stereocenters. The van der Waals surface area contributed by atoms with Gasteiger partial charge in [-0.15, -0.1) is 0 Å². The first kappa shape index (κ1) is 16.8. The third-order valence-electron chi connectivity index (χ3n) is 3.05. The first-order valence-electron chi connectivity index (χ1n) is 6.91. The Labute approximate surface area is 124 Å². The average Bonchev–Trinajstić information content (AvgIpc) is 2.51. The molecule has 5 nitrogen and oxygen atoms in total. The lowest BCUT2D eigenvalue weighted by Crippen LogP contribution is -2.30. The van der Waals surface area contributed by atoms with Gasteiger partial charge in [0.15, 0.2) is 0 Å². The van der Waals surface area contributed by atoms with Crippen molar-refractivity contribution in [2.75, 3.05) is 13.2 Å². The van der Waals surface area contributed by atoms with Crippen LogP contribution in [0.1, 0.15) is 31.7 Å². The minimum absolute atomic E-state index is 0.0763. The second kappa shape index (κ2) is 8.79. The van der Waals surface area contributed by atoms with Gasteiger partial charge < -0.3 is 14.8 Å². The van der Waals surface area contributed by atoms with Crippen LogP contribution in [0.3, 0.4) is 0 Å². The Morgan fingerprint density at radius 1 is 1.33 bits per heavy atom. The van der Waals surface area contributed by atoms with Crippen molar-refractivity contribution >= 4 is 12.1 Å². The Kier molecular flexibility index (Phi) is 7.01. The lowest BCUT2D eigenvalue weighted by molar-refractivity contribution is -0.137. The summed E-state index contributed by atoms with van der Waals surface area (Å²) < 4.78 is 9.82. The Balaban J connectivity index is 2.34. The second-order valence-corrected chi connectivity index (χ2v) is 4.57. The number of carbonyl (C=O) groups excluding carboxylic acids is 2. The molecule has 1 aromatic rings. The molecule has 114 valence electrons. The summed E-state index contributed by atoms with van der Waals surface area (Å²) in [5, 5.41) is 2.49. The molecule has 0 saturated heterocycles. The summed E-state index contributed by atoms with van der Waals surface area (Å²) in [4.78, 5) is 22.3. The van der Waals surface area contributed by atoms with Crippen molar-refractivity contribution in [2.45, 2.75) is 26.2 Å². The van der Waals surface area contributed by atoms with Gasteiger partial charge in [-0.3, -0.25) is 0 Å². The molecule has 0 aliphatic rings. The number of hydrogen-bond acceptors (Lipinski definition) is 4. The van der Waals surface area contributed by atoms with Gasteiger partial charge >= 0.3 is 12.1 Å². The first-order chi connectivity index (χ1) is 10.1. The highest BCUT2D eigenvalue weighted by Gasteiger charge is 2.06. The molecule has 0 aromatic heterocycles. The summed E-state index contributed by atoms with van der Waals surface area (Å²) >= 11 is 0. The molecule has 21 heavy (non-hydrogen) atoms. The third kappa shape index (κ3) is 6.12. The zero-order valence-electron chi connectivity index (χ0n) is 12.4. The molecule has 0 radical (unpaired) electrons. The Morgan fingerprint density at radius 3 is 2.57 bits per heavy atom. The molecule has 0 aliphatic carbocycles. The molecule has 0 aliphatic heterocycles. The van der Waals surface area contributed by atoms with Crippen molar-refractivity contribution in [1.82, 2.24) is 5.32 Å². The lowest BCUT2D eigenvalue weighted by atomic mass is 9.99. The van der Waals surface area contributed by atoms with Crippen LogP contribution in [-0.4, -0.2) is 25.2 Å². The standard InChI is InChI=1S/C16H21NO4/c1-4-12(3)13-6-8-14(9-7-13)21-16(19)17-10-11-20-15(18)5-2/h5-9,12H,2,4,10-11H2,1,3H3,(H,17,19). The van der Waals surface area contributed by atoms with Gasteiger partial charge in [0.25, 0.3) is 0 Å². The van der Waals surface area contributed by atoms with E-state index in [9.17, 15) is 9.59 Å². The maximum Gasteiger partial charge on any atom is 0.412 e. The van der Waals surface area contributed by atoms with E-state index in [-0.39, 0.29) is 13.2 Å². The zero-order chi connectivity index (χ0) is 15.7. The number of carbonyl (C=O) groups is 2. The third-order valence-corrected chi connectivity index (χ3v) is 3.05. The fourth-order valence-electron chi connectivity index (χ4n) is 1.61. The van der Waals surface area contributed by atoms with E-state index < -0.39 is 12.1 Å². The van der Waals surface area contributed by atoms with E-state index in [1.165, 1.54) is 5.56 Å². The summed E-state index contributed by atoms with van der Waals surface area (Å²) in [6.45, 7) is 7.80. The van der Waals surface area contributed by atoms with E-state index in [4.69, 9.17) is 9.47 Å². The molecule has 1 atom stereocenters. The van der Waals surface area contributed by atoms with E-state index in [0.29, 0.717) is 11.7 Å². The maximum atomic E-state index is 11.5. The minimum Gasteiger partial charge on any atom is -0.461 e. The number of hydrogen-bond donors (Lipinski definition) is 1. The van der Waals surface area contributed by atoms with E-state index in [2.05, 4.69) is 25.7 Å². The number of rotatable bonds is 7. The van der Waals surface area contributed by atoms with Gasteiger partial charge in [0.2, 0.25) is 0 Å². The van der Waals surface area contributed by atoms with Crippen molar-refractivity contribution in [3.05, 3.63) is 42.5 Å². The highest BCUT2D eigenvalue weighted by atomic mass is 16.6. The van der Waals surface area contributed by atoms with Gasteiger partial charge in [-0.2, -0.15) is 0 Å². The van der Waals surface area contributed by atoms with E-state index in [1.54, 1.807) is 12.1 Å². The fraction of sp³-hybridized carbons (Fsp3) is 0.375. The summed E-state index contributed by atoms with van der Waals surface area (Å²) in [5.41, 5.74) is 1.21. The highest BCUT2D eigenvalue weighted by molar-refractivity contribution is 5.81. The smallest absolute Gasteiger partial charge is 0.412 e. The van der Waals surface area contributed by atoms with Crippen molar-refractivity contribution in [3.63, 3.8) is 0 Å². The quantitative estimate of drug-likeness (QED) is 0.476. The molecule has 1 amide bonds. The Hall–Kier alpha value is -2.30. The number of nitrogens with one attached hydrogen (secondary N) is 1. The van der Waals surface area contributed by atoms with Crippen molar-refractivity contribution in [3.8, 4) is 5.75 Å². The van der Waals surface area contributed by atoms with Crippen LogP contribution in [0.2, 0.25) is 0 Å². The maximum absolute atomic E-state index is 11.5. The number of amides is 1.